The molecule has 1 aromatic carbocycles. The molecule has 4 nitrogen and oxygen atoms in total. The number of hydrogen-bond donors (Lipinski definition) is 1. The lowest BCUT2D eigenvalue weighted by molar-refractivity contribution is -0.145. The Morgan fingerprint density at radius 1 is 1.45 bits per heavy atom. The first-order chi connectivity index (χ1) is 9.40. The zero-order valence-corrected chi connectivity index (χ0v) is 12.6. The fourth-order valence-corrected chi connectivity index (χ4v) is 2.94. The number of rotatable bonds is 2. The van der Waals surface area contributed by atoms with Crippen LogP contribution in [0.3, 0.4) is 0 Å². The molecule has 2 rings (SSSR count). The van der Waals surface area contributed by atoms with E-state index < -0.39 is 17.7 Å². The number of carbonyl (C=O) groups is 2. The first-order valence-corrected chi connectivity index (χ1v) is 7.16. The van der Waals surface area contributed by atoms with Crippen molar-refractivity contribution < 1.29 is 19.1 Å². The second-order valence-corrected chi connectivity index (χ2v) is 5.94. The largest absolute Gasteiger partial charge is 0.481 e. The second kappa shape index (κ2) is 5.91. The van der Waals surface area contributed by atoms with Gasteiger partial charge < -0.3 is 10.0 Å². The van der Waals surface area contributed by atoms with Crippen LogP contribution in [-0.2, 0) is 4.79 Å². The highest BCUT2D eigenvalue weighted by atomic mass is 79.9. The Balaban J connectivity index is 2.15. The molecular weight excluding hydrogens is 329 g/mol. The van der Waals surface area contributed by atoms with Crippen LogP contribution in [0.15, 0.2) is 22.7 Å². The molecule has 1 heterocycles. The third-order valence-corrected chi connectivity index (χ3v) is 4.36. The molecule has 0 spiro atoms. The maximum Gasteiger partial charge on any atom is 0.306 e. The van der Waals surface area contributed by atoms with Crippen LogP contribution in [0, 0.1) is 17.7 Å². The summed E-state index contributed by atoms with van der Waals surface area (Å²) in [4.78, 5) is 25.0. The number of hydrogen-bond acceptors (Lipinski definition) is 2. The second-order valence-electron chi connectivity index (χ2n) is 5.09. The highest BCUT2D eigenvalue weighted by molar-refractivity contribution is 9.10. The van der Waals surface area contributed by atoms with Gasteiger partial charge >= 0.3 is 5.97 Å². The van der Waals surface area contributed by atoms with Crippen LogP contribution in [0.5, 0.6) is 0 Å². The molecule has 1 aliphatic rings. The van der Waals surface area contributed by atoms with Crippen LogP contribution in [-0.4, -0.2) is 35.0 Å². The highest BCUT2D eigenvalue weighted by Gasteiger charge is 2.33. The number of likely N-dealkylation sites (tertiary alicyclic amines) is 1. The maximum atomic E-state index is 13.2. The molecule has 1 aromatic rings. The first kappa shape index (κ1) is 15.0. The number of nitrogens with zero attached hydrogens (tertiary/aromatic N) is 1. The van der Waals surface area contributed by atoms with Crippen molar-refractivity contribution in [3.63, 3.8) is 0 Å². The molecule has 0 radical (unpaired) electrons. The van der Waals surface area contributed by atoms with E-state index in [4.69, 9.17) is 5.11 Å². The smallest absolute Gasteiger partial charge is 0.306 e. The summed E-state index contributed by atoms with van der Waals surface area (Å²) in [5, 5.41) is 9.07. The molecule has 1 aliphatic heterocycles. The number of carbonyl (C=O) groups excluding carboxylic acids is 1. The number of carboxylic acids is 1. The topological polar surface area (TPSA) is 57.6 Å². The Morgan fingerprint density at radius 3 is 2.75 bits per heavy atom. The lowest BCUT2D eigenvalue weighted by atomic mass is 9.87. The van der Waals surface area contributed by atoms with Gasteiger partial charge in [-0.3, -0.25) is 9.59 Å². The van der Waals surface area contributed by atoms with Gasteiger partial charge in [0.25, 0.3) is 5.91 Å². The molecule has 20 heavy (non-hydrogen) atoms. The Hall–Kier alpha value is -1.43. The minimum absolute atomic E-state index is 0.113. The molecule has 1 N–H and O–H groups in total. The number of benzene rings is 1. The first-order valence-electron chi connectivity index (χ1n) is 6.37. The lowest BCUT2D eigenvalue weighted by Crippen LogP contribution is -2.45. The summed E-state index contributed by atoms with van der Waals surface area (Å²) in [5.74, 6) is -2.10. The van der Waals surface area contributed by atoms with Crippen molar-refractivity contribution in [3.05, 3.63) is 34.1 Å². The number of piperidine rings is 1. The van der Waals surface area contributed by atoms with E-state index in [1.807, 2.05) is 6.92 Å². The molecule has 0 bridgehead atoms. The predicted octanol–water partition coefficient (Wildman–Crippen LogP) is 2.77. The molecule has 2 unspecified atom stereocenters. The standard InChI is InChI=1S/C14H15BrFNO3/c1-8-7-17(5-4-10(8)14(19)20)13(18)11-6-9(16)2-3-12(11)15/h2-3,6,8,10H,4-5,7H2,1H3,(H,19,20). The zero-order valence-electron chi connectivity index (χ0n) is 11.0. The van der Waals surface area contributed by atoms with Gasteiger partial charge in [0.2, 0.25) is 0 Å². The van der Waals surface area contributed by atoms with Crippen molar-refractivity contribution in [3.8, 4) is 0 Å². The van der Waals surface area contributed by atoms with Crippen molar-refractivity contribution >= 4 is 27.8 Å². The van der Waals surface area contributed by atoms with Crippen LogP contribution in [0.4, 0.5) is 4.39 Å². The Kier molecular flexibility index (Phi) is 4.42. The van der Waals surface area contributed by atoms with Crippen LogP contribution in [0.2, 0.25) is 0 Å². The summed E-state index contributed by atoms with van der Waals surface area (Å²) in [6.45, 7) is 2.57. The molecule has 1 fully saturated rings. The predicted molar refractivity (Wildman–Crippen MR) is 74.9 cm³/mol. The highest BCUT2D eigenvalue weighted by Crippen LogP contribution is 2.26. The van der Waals surface area contributed by atoms with E-state index in [1.165, 1.54) is 18.2 Å². The molecule has 2 atom stereocenters. The van der Waals surface area contributed by atoms with Gasteiger partial charge in [-0.15, -0.1) is 0 Å². The fourth-order valence-electron chi connectivity index (χ4n) is 2.53. The van der Waals surface area contributed by atoms with Crippen LogP contribution in [0.25, 0.3) is 0 Å². The van der Waals surface area contributed by atoms with Crippen molar-refractivity contribution in [2.45, 2.75) is 13.3 Å². The minimum Gasteiger partial charge on any atom is -0.481 e. The molecule has 0 aromatic heterocycles. The Labute approximate surface area is 124 Å². The van der Waals surface area contributed by atoms with Gasteiger partial charge in [0.05, 0.1) is 11.5 Å². The molecule has 1 amide bonds. The van der Waals surface area contributed by atoms with Crippen molar-refractivity contribution in [1.29, 1.82) is 0 Å². The van der Waals surface area contributed by atoms with Gasteiger partial charge in [0, 0.05) is 17.6 Å². The number of carboxylic acid groups (broad SMARTS) is 1. The quantitative estimate of drug-likeness (QED) is 0.898. The lowest BCUT2D eigenvalue weighted by Gasteiger charge is -2.35. The Morgan fingerprint density at radius 2 is 2.15 bits per heavy atom. The van der Waals surface area contributed by atoms with Gasteiger partial charge in [0.15, 0.2) is 0 Å². The van der Waals surface area contributed by atoms with E-state index in [0.717, 1.165) is 0 Å². The van der Waals surface area contributed by atoms with E-state index in [9.17, 15) is 14.0 Å². The van der Waals surface area contributed by atoms with Gasteiger partial charge in [-0.25, -0.2) is 4.39 Å². The number of aliphatic carboxylic acids is 1. The van der Waals surface area contributed by atoms with Crippen LogP contribution in [0.1, 0.15) is 23.7 Å². The van der Waals surface area contributed by atoms with E-state index >= 15 is 0 Å². The molecule has 6 heteroatoms. The fraction of sp³-hybridized carbons (Fsp3) is 0.429. The van der Waals surface area contributed by atoms with E-state index in [2.05, 4.69) is 15.9 Å². The average molecular weight is 344 g/mol. The summed E-state index contributed by atoms with van der Waals surface area (Å²) >= 11 is 3.24. The van der Waals surface area contributed by atoms with E-state index in [0.29, 0.717) is 24.0 Å². The molecule has 108 valence electrons. The van der Waals surface area contributed by atoms with Crippen molar-refractivity contribution in [2.24, 2.45) is 11.8 Å². The zero-order chi connectivity index (χ0) is 14.9. The third-order valence-electron chi connectivity index (χ3n) is 3.67. The molecule has 1 saturated heterocycles. The van der Waals surface area contributed by atoms with Gasteiger partial charge in [-0.1, -0.05) is 6.92 Å². The minimum atomic E-state index is -0.823. The maximum absolute atomic E-state index is 13.2. The van der Waals surface area contributed by atoms with E-state index in [-0.39, 0.29) is 17.4 Å². The van der Waals surface area contributed by atoms with Crippen molar-refractivity contribution in [2.75, 3.05) is 13.1 Å². The molecule has 0 aliphatic carbocycles. The summed E-state index contributed by atoms with van der Waals surface area (Å²) in [6, 6.07) is 3.97. The van der Waals surface area contributed by atoms with Gasteiger partial charge in [-0.05, 0) is 46.5 Å². The SMILES string of the molecule is CC1CN(C(=O)c2cc(F)ccc2Br)CCC1C(=O)O. The van der Waals surface area contributed by atoms with Crippen LogP contribution >= 0.6 is 15.9 Å². The number of halogens is 2. The monoisotopic (exact) mass is 343 g/mol. The summed E-state index contributed by atoms with van der Waals surface area (Å²) < 4.78 is 13.8. The average Bonchev–Trinajstić information content (AvgIpc) is 2.40. The summed E-state index contributed by atoms with van der Waals surface area (Å²) in [7, 11) is 0. The van der Waals surface area contributed by atoms with E-state index in [1.54, 1.807) is 4.90 Å². The summed E-state index contributed by atoms with van der Waals surface area (Å²) in [6.07, 6.45) is 0.426. The van der Waals surface area contributed by atoms with Crippen molar-refractivity contribution in [1.82, 2.24) is 4.90 Å². The Bertz CT molecular complexity index is 549. The third kappa shape index (κ3) is 3.00. The normalized spacial score (nSPS) is 22.6. The number of amides is 1. The molecule has 0 saturated carbocycles. The molecular formula is C14H15BrFNO3. The van der Waals surface area contributed by atoms with Crippen LogP contribution < -0.4 is 0 Å². The van der Waals surface area contributed by atoms with Gasteiger partial charge in [0.1, 0.15) is 5.82 Å². The summed E-state index contributed by atoms with van der Waals surface area (Å²) in [5.41, 5.74) is 0.269. The van der Waals surface area contributed by atoms with Gasteiger partial charge in [-0.2, -0.15) is 0 Å².